The first kappa shape index (κ1) is 19.9. The summed E-state index contributed by atoms with van der Waals surface area (Å²) in [6, 6.07) is 8.93. The smallest absolute Gasteiger partial charge is 0.132 e. The fourth-order valence-corrected chi connectivity index (χ4v) is 1.60. The van der Waals surface area contributed by atoms with Crippen LogP contribution in [0.1, 0.15) is 5.56 Å². The predicted octanol–water partition coefficient (Wildman–Crippen LogP) is -3.90. The summed E-state index contributed by atoms with van der Waals surface area (Å²) in [6.07, 6.45) is 0. The fraction of sp³-hybridized carbons (Fsp3) is 0.538. The normalized spacial score (nSPS) is 11.4. The molecule has 0 fully saturated rings. The average Bonchev–Trinajstić information content (AvgIpc) is 2.00. The third-order valence-electron chi connectivity index (χ3n) is 2.37. The predicted molar refractivity (Wildman–Crippen MR) is 67.7 cm³/mol. The van der Waals surface area contributed by atoms with Crippen LogP contribution in [0.5, 0.6) is 0 Å². The van der Waals surface area contributed by atoms with Gasteiger partial charge in [-0.3, -0.25) is 4.48 Å². The van der Waals surface area contributed by atoms with Gasteiger partial charge in [-0.05, 0) is 24.3 Å². The lowest BCUT2D eigenvalue weighted by molar-refractivity contribution is -0.884. The van der Waals surface area contributed by atoms with Gasteiger partial charge in [0.15, 0.2) is 0 Å². The van der Waals surface area contributed by atoms with Crippen molar-refractivity contribution in [1.29, 1.82) is 0 Å². The first-order valence-corrected chi connectivity index (χ1v) is 5.40. The first-order chi connectivity index (χ1) is 6.68. The van der Waals surface area contributed by atoms with Crippen LogP contribution in [0.2, 0.25) is 0 Å². The van der Waals surface area contributed by atoms with Crippen molar-refractivity contribution in [3.8, 4) is 0 Å². The molecule has 0 atom stereocenters. The van der Waals surface area contributed by atoms with E-state index >= 15 is 0 Å². The lowest BCUT2D eigenvalue weighted by Crippen LogP contribution is -3.00. The van der Waals surface area contributed by atoms with Crippen molar-refractivity contribution in [2.24, 2.45) is 0 Å². The Hall–Kier alpha value is 0.600. The van der Waals surface area contributed by atoms with Gasteiger partial charge in [-0.2, -0.15) is 0 Å². The summed E-state index contributed by atoms with van der Waals surface area (Å²) in [6.45, 7) is 1.08. The van der Waals surface area contributed by atoms with Gasteiger partial charge in [-0.15, -0.1) is 0 Å². The lowest BCUT2D eigenvalue weighted by Gasteiger charge is -2.25. The maximum absolute atomic E-state index is 2.24. The van der Waals surface area contributed by atoms with Crippen molar-refractivity contribution in [3.05, 3.63) is 29.8 Å². The highest BCUT2D eigenvalue weighted by Crippen LogP contribution is 2.18. The van der Waals surface area contributed by atoms with E-state index in [1.807, 2.05) is 0 Å². The molecule has 100 valence electrons. The molecule has 1 rings (SSSR count). The monoisotopic (exact) mass is 462 g/mol. The Morgan fingerprint density at radius 3 is 1.47 bits per heavy atom. The van der Waals surface area contributed by atoms with E-state index in [-0.39, 0.29) is 48.0 Å². The number of halogens is 2. The zero-order chi connectivity index (χ0) is 11.7. The number of quaternary nitrogens is 2. The van der Waals surface area contributed by atoms with Crippen LogP contribution in [0.25, 0.3) is 0 Å². The Labute approximate surface area is 140 Å². The largest absolute Gasteiger partial charge is 1.00 e. The molecule has 0 aliphatic carbocycles. The van der Waals surface area contributed by atoms with Crippen LogP contribution in [0, 0.1) is 0 Å². The van der Waals surface area contributed by atoms with Crippen molar-refractivity contribution in [3.63, 3.8) is 0 Å². The molecule has 2 nitrogen and oxygen atoms in total. The minimum Gasteiger partial charge on any atom is -1.00 e. The van der Waals surface area contributed by atoms with Crippen LogP contribution >= 0.6 is 0 Å². The summed E-state index contributed by atoms with van der Waals surface area (Å²) < 4.78 is 1.86. The minimum atomic E-state index is 0. The van der Waals surface area contributed by atoms with Crippen molar-refractivity contribution in [2.45, 2.75) is 6.54 Å². The van der Waals surface area contributed by atoms with Gasteiger partial charge in [-0.1, -0.05) is 0 Å². The summed E-state index contributed by atoms with van der Waals surface area (Å²) in [5.41, 5.74) is 2.75. The Morgan fingerprint density at radius 1 is 0.765 bits per heavy atom. The molecule has 0 N–H and O–H groups in total. The molecular formula is C13H24I2N2. The van der Waals surface area contributed by atoms with Crippen molar-refractivity contribution >= 4 is 5.69 Å². The second-order valence-corrected chi connectivity index (χ2v) is 6.13. The Morgan fingerprint density at radius 2 is 1.18 bits per heavy atom. The van der Waals surface area contributed by atoms with E-state index in [0.29, 0.717) is 0 Å². The van der Waals surface area contributed by atoms with Gasteiger partial charge in [0.25, 0.3) is 0 Å². The highest BCUT2D eigenvalue weighted by Gasteiger charge is 2.13. The number of benzene rings is 1. The highest BCUT2D eigenvalue weighted by atomic mass is 127. The van der Waals surface area contributed by atoms with Gasteiger partial charge in [0.1, 0.15) is 12.2 Å². The molecule has 17 heavy (non-hydrogen) atoms. The third kappa shape index (κ3) is 7.58. The average molecular weight is 462 g/mol. The van der Waals surface area contributed by atoms with Crippen molar-refractivity contribution in [1.82, 2.24) is 4.48 Å². The molecule has 0 bridgehead atoms. The molecule has 1 aromatic carbocycles. The second-order valence-electron chi connectivity index (χ2n) is 6.13. The Balaban J connectivity index is 0. The lowest BCUT2D eigenvalue weighted by atomic mass is 10.1. The Kier molecular flexibility index (Phi) is 8.50. The van der Waals surface area contributed by atoms with Gasteiger partial charge >= 0.3 is 0 Å². The molecular weight excluding hydrogens is 438 g/mol. The SMILES string of the molecule is C[N+](C)(C)Cc1ccc([N+](C)(C)C)cc1.[I-].[I-]. The molecule has 0 aromatic heterocycles. The summed E-state index contributed by atoms with van der Waals surface area (Å²) in [7, 11) is 13.2. The van der Waals surface area contributed by atoms with E-state index < -0.39 is 0 Å². The van der Waals surface area contributed by atoms with Gasteiger partial charge < -0.3 is 52.4 Å². The zero-order valence-corrected chi connectivity index (χ0v) is 16.0. The van der Waals surface area contributed by atoms with Gasteiger partial charge in [0, 0.05) is 5.56 Å². The molecule has 0 saturated carbocycles. The number of nitrogens with zero attached hydrogens (tertiary/aromatic N) is 2. The van der Waals surface area contributed by atoms with Crippen LogP contribution in [-0.2, 0) is 6.54 Å². The number of hydrogen-bond donors (Lipinski definition) is 0. The van der Waals surface area contributed by atoms with Crippen LogP contribution in [0.15, 0.2) is 24.3 Å². The maximum Gasteiger partial charge on any atom is 0.132 e. The van der Waals surface area contributed by atoms with Crippen LogP contribution < -0.4 is 52.4 Å². The molecule has 4 heteroatoms. The summed E-state index contributed by atoms with van der Waals surface area (Å²) >= 11 is 0. The second kappa shape index (κ2) is 7.25. The molecule has 0 saturated heterocycles. The molecule has 0 aliphatic rings. The van der Waals surface area contributed by atoms with E-state index in [1.165, 1.54) is 11.3 Å². The highest BCUT2D eigenvalue weighted by molar-refractivity contribution is 5.42. The summed E-state index contributed by atoms with van der Waals surface area (Å²) in [5, 5.41) is 0. The quantitative estimate of drug-likeness (QED) is 0.319. The topological polar surface area (TPSA) is 0 Å². The molecule has 1 aromatic rings. The summed E-state index contributed by atoms with van der Waals surface area (Å²) in [5.74, 6) is 0. The first-order valence-electron chi connectivity index (χ1n) is 5.40. The zero-order valence-electron chi connectivity index (χ0n) is 11.7. The maximum atomic E-state index is 2.24. The molecule has 0 radical (unpaired) electrons. The van der Waals surface area contributed by atoms with E-state index in [9.17, 15) is 0 Å². The Bertz CT molecular complexity index is 321. The van der Waals surface area contributed by atoms with Crippen LogP contribution in [0.4, 0.5) is 5.69 Å². The van der Waals surface area contributed by atoms with Crippen LogP contribution in [-0.4, -0.2) is 46.8 Å². The molecule has 0 spiro atoms. The number of rotatable bonds is 3. The van der Waals surface area contributed by atoms with Gasteiger partial charge in [-0.25, -0.2) is 0 Å². The van der Waals surface area contributed by atoms with E-state index in [4.69, 9.17) is 0 Å². The minimum absolute atomic E-state index is 0. The molecule has 0 amide bonds. The number of hydrogen-bond acceptors (Lipinski definition) is 0. The molecule has 0 heterocycles. The van der Waals surface area contributed by atoms with Crippen molar-refractivity contribution < 1.29 is 52.4 Å². The third-order valence-corrected chi connectivity index (χ3v) is 2.37. The molecule has 0 unspecified atom stereocenters. The van der Waals surface area contributed by atoms with Crippen molar-refractivity contribution in [2.75, 3.05) is 42.3 Å². The van der Waals surface area contributed by atoms with E-state index in [2.05, 4.69) is 66.6 Å². The van der Waals surface area contributed by atoms with E-state index in [0.717, 1.165) is 15.5 Å². The molecule has 0 aliphatic heterocycles. The van der Waals surface area contributed by atoms with Crippen LogP contribution in [0.3, 0.4) is 0 Å². The fourth-order valence-electron chi connectivity index (χ4n) is 1.60. The van der Waals surface area contributed by atoms with E-state index in [1.54, 1.807) is 0 Å². The standard InChI is InChI=1S/C13H24N2.2HI/c1-14(2,3)11-12-7-9-13(10-8-12)15(4,5)6;;/h7-10H,11H2,1-6H3;2*1H/q+2;;/p-2. The summed E-state index contributed by atoms with van der Waals surface area (Å²) in [4.78, 5) is 0. The van der Waals surface area contributed by atoms with Gasteiger partial charge in [0.2, 0.25) is 0 Å². The van der Waals surface area contributed by atoms with Gasteiger partial charge in [0.05, 0.1) is 42.3 Å².